The van der Waals surface area contributed by atoms with Crippen LogP contribution in [0.3, 0.4) is 0 Å². The average molecular weight is 117 g/mol. The van der Waals surface area contributed by atoms with Gasteiger partial charge in [-0.1, -0.05) is 6.92 Å². The van der Waals surface area contributed by atoms with Gasteiger partial charge in [-0.2, -0.15) is 0 Å². The Morgan fingerprint density at radius 2 is 2.25 bits per heavy atom. The lowest BCUT2D eigenvalue weighted by Crippen LogP contribution is -2.13. The fourth-order valence-corrected chi connectivity index (χ4v) is 0.523. The SMILES string of the molecule is CCC[C@@H](C)[N+](=O)[O-]. The molecule has 48 valence electrons. The van der Waals surface area contributed by atoms with E-state index in [4.69, 9.17) is 0 Å². The summed E-state index contributed by atoms with van der Waals surface area (Å²) >= 11 is 0. The van der Waals surface area contributed by atoms with Crippen LogP contribution < -0.4 is 0 Å². The number of rotatable bonds is 3. The topological polar surface area (TPSA) is 43.1 Å². The van der Waals surface area contributed by atoms with Crippen molar-refractivity contribution in [3.8, 4) is 0 Å². The fraction of sp³-hybridized carbons (Fsp3) is 1.00. The van der Waals surface area contributed by atoms with Gasteiger partial charge in [-0.05, 0) is 6.42 Å². The van der Waals surface area contributed by atoms with Crippen LogP contribution in [-0.4, -0.2) is 11.0 Å². The second kappa shape index (κ2) is 3.41. The molecule has 0 saturated heterocycles. The van der Waals surface area contributed by atoms with Crippen LogP contribution in [0.2, 0.25) is 0 Å². The van der Waals surface area contributed by atoms with Crippen molar-refractivity contribution >= 4 is 0 Å². The van der Waals surface area contributed by atoms with Gasteiger partial charge < -0.3 is 0 Å². The minimum absolute atomic E-state index is 0.247. The third-order valence-electron chi connectivity index (χ3n) is 1.07. The molecule has 0 amide bonds. The first-order chi connectivity index (χ1) is 3.68. The molecule has 0 aliphatic heterocycles. The summed E-state index contributed by atoms with van der Waals surface area (Å²) in [6, 6.07) is -0.361. The van der Waals surface area contributed by atoms with E-state index in [1.807, 2.05) is 6.92 Å². The van der Waals surface area contributed by atoms with Gasteiger partial charge in [-0.3, -0.25) is 10.1 Å². The van der Waals surface area contributed by atoms with E-state index in [0.29, 0.717) is 6.42 Å². The molecule has 0 unspecified atom stereocenters. The van der Waals surface area contributed by atoms with Crippen LogP contribution in [-0.2, 0) is 0 Å². The quantitative estimate of drug-likeness (QED) is 0.414. The van der Waals surface area contributed by atoms with E-state index < -0.39 is 0 Å². The summed E-state index contributed by atoms with van der Waals surface area (Å²) in [5.41, 5.74) is 0. The second-order valence-corrected chi connectivity index (χ2v) is 1.92. The maximum atomic E-state index is 9.89. The maximum absolute atomic E-state index is 9.89. The molecule has 0 aromatic rings. The summed E-state index contributed by atoms with van der Waals surface area (Å²) in [5, 5.41) is 9.89. The molecular weight excluding hydrogens is 106 g/mol. The first-order valence-corrected chi connectivity index (χ1v) is 2.82. The molecule has 0 N–H and O–H groups in total. The predicted molar refractivity (Wildman–Crippen MR) is 31.4 cm³/mol. The van der Waals surface area contributed by atoms with E-state index in [2.05, 4.69) is 0 Å². The fourth-order valence-electron chi connectivity index (χ4n) is 0.523. The summed E-state index contributed by atoms with van der Waals surface area (Å²) in [5.74, 6) is 0. The first-order valence-electron chi connectivity index (χ1n) is 2.82. The summed E-state index contributed by atoms with van der Waals surface area (Å²) < 4.78 is 0. The van der Waals surface area contributed by atoms with Crippen LogP contribution in [0.1, 0.15) is 26.7 Å². The average Bonchev–Trinajstić information content (AvgIpc) is 1.67. The molecule has 3 nitrogen and oxygen atoms in total. The highest BCUT2D eigenvalue weighted by atomic mass is 16.6. The van der Waals surface area contributed by atoms with Crippen molar-refractivity contribution in [2.75, 3.05) is 0 Å². The lowest BCUT2D eigenvalue weighted by Gasteiger charge is -1.97. The van der Waals surface area contributed by atoms with Crippen LogP contribution in [0.4, 0.5) is 0 Å². The number of hydrogen-bond donors (Lipinski definition) is 0. The van der Waals surface area contributed by atoms with Gasteiger partial charge in [0.2, 0.25) is 6.04 Å². The number of nitrogens with zero attached hydrogens (tertiary/aromatic N) is 1. The molecule has 1 atom stereocenters. The zero-order chi connectivity index (χ0) is 6.57. The van der Waals surface area contributed by atoms with Crippen molar-refractivity contribution < 1.29 is 4.92 Å². The molecule has 0 heterocycles. The van der Waals surface area contributed by atoms with Crippen LogP contribution in [0.25, 0.3) is 0 Å². The third kappa shape index (κ3) is 2.55. The Bertz CT molecular complexity index is 82.5. The van der Waals surface area contributed by atoms with Crippen molar-refractivity contribution in [2.24, 2.45) is 0 Å². The molecule has 0 spiro atoms. The molecule has 0 saturated carbocycles. The molecule has 0 fully saturated rings. The van der Waals surface area contributed by atoms with E-state index in [0.717, 1.165) is 6.42 Å². The van der Waals surface area contributed by atoms with Gasteiger partial charge in [-0.15, -0.1) is 0 Å². The van der Waals surface area contributed by atoms with Gasteiger partial charge in [0.1, 0.15) is 0 Å². The van der Waals surface area contributed by atoms with E-state index in [1.54, 1.807) is 6.92 Å². The van der Waals surface area contributed by atoms with Crippen molar-refractivity contribution in [2.45, 2.75) is 32.7 Å². The first kappa shape index (κ1) is 7.40. The van der Waals surface area contributed by atoms with Crippen LogP contribution >= 0.6 is 0 Å². The van der Waals surface area contributed by atoms with Crippen LogP contribution in [0.5, 0.6) is 0 Å². The molecule has 0 aromatic heterocycles. The monoisotopic (exact) mass is 117 g/mol. The molecular formula is C5H11NO2. The Balaban J connectivity index is 3.32. The predicted octanol–water partition coefficient (Wildman–Crippen LogP) is 1.45. The lowest BCUT2D eigenvalue weighted by molar-refractivity contribution is -0.518. The van der Waals surface area contributed by atoms with Gasteiger partial charge in [0, 0.05) is 18.3 Å². The summed E-state index contributed by atoms with van der Waals surface area (Å²) in [7, 11) is 0. The van der Waals surface area contributed by atoms with Crippen molar-refractivity contribution in [3.63, 3.8) is 0 Å². The lowest BCUT2D eigenvalue weighted by atomic mass is 10.2. The van der Waals surface area contributed by atoms with E-state index in [1.165, 1.54) is 0 Å². The molecule has 0 bridgehead atoms. The number of hydrogen-bond acceptors (Lipinski definition) is 2. The zero-order valence-corrected chi connectivity index (χ0v) is 5.26. The largest absolute Gasteiger partial charge is 0.264 e. The minimum atomic E-state index is -0.361. The highest BCUT2D eigenvalue weighted by molar-refractivity contribution is 4.44. The van der Waals surface area contributed by atoms with Gasteiger partial charge in [-0.25, -0.2) is 0 Å². The number of nitro groups is 1. The van der Waals surface area contributed by atoms with Crippen molar-refractivity contribution in [3.05, 3.63) is 10.1 Å². The van der Waals surface area contributed by atoms with Gasteiger partial charge in [0.15, 0.2) is 0 Å². The zero-order valence-electron chi connectivity index (χ0n) is 5.26. The van der Waals surface area contributed by atoms with Crippen molar-refractivity contribution in [1.29, 1.82) is 0 Å². The van der Waals surface area contributed by atoms with E-state index in [-0.39, 0.29) is 11.0 Å². The Morgan fingerprint density at radius 3 is 2.38 bits per heavy atom. The normalized spacial score (nSPS) is 13.2. The second-order valence-electron chi connectivity index (χ2n) is 1.92. The van der Waals surface area contributed by atoms with Gasteiger partial charge >= 0.3 is 0 Å². The molecule has 0 aromatic carbocycles. The van der Waals surface area contributed by atoms with Crippen molar-refractivity contribution in [1.82, 2.24) is 0 Å². The summed E-state index contributed by atoms with van der Waals surface area (Å²) in [6.45, 7) is 3.57. The molecule has 3 heteroatoms. The Morgan fingerprint density at radius 1 is 1.75 bits per heavy atom. The van der Waals surface area contributed by atoms with Crippen LogP contribution in [0, 0.1) is 10.1 Å². The smallest absolute Gasteiger partial charge is 0.210 e. The molecule has 0 aliphatic rings. The Hall–Kier alpha value is -0.600. The maximum Gasteiger partial charge on any atom is 0.210 e. The van der Waals surface area contributed by atoms with E-state index >= 15 is 0 Å². The molecule has 0 radical (unpaired) electrons. The van der Waals surface area contributed by atoms with Gasteiger partial charge in [0.25, 0.3) is 0 Å². The summed E-state index contributed by atoms with van der Waals surface area (Å²) in [6.07, 6.45) is 1.58. The van der Waals surface area contributed by atoms with Crippen LogP contribution in [0.15, 0.2) is 0 Å². The molecule has 8 heavy (non-hydrogen) atoms. The highest BCUT2D eigenvalue weighted by Gasteiger charge is 2.08. The highest BCUT2D eigenvalue weighted by Crippen LogP contribution is 1.97. The molecule has 0 aliphatic carbocycles. The minimum Gasteiger partial charge on any atom is -0.264 e. The third-order valence-corrected chi connectivity index (χ3v) is 1.07. The van der Waals surface area contributed by atoms with E-state index in [9.17, 15) is 10.1 Å². The Kier molecular flexibility index (Phi) is 3.15. The Labute approximate surface area is 48.9 Å². The molecule has 0 rings (SSSR count). The van der Waals surface area contributed by atoms with Gasteiger partial charge in [0.05, 0.1) is 0 Å². The summed E-state index contributed by atoms with van der Waals surface area (Å²) in [4.78, 5) is 9.65. The standard InChI is InChI=1S/C5H11NO2/c1-3-4-5(2)6(7)8/h5H,3-4H2,1-2H3/t5-/m1/s1.